The molecule has 0 heterocycles. The number of hydrogen-bond donors (Lipinski definition) is 1. The smallest absolute Gasteiger partial charge is 0.119 e. The van der Waals surface area contributed by atoms with Crippen LogP contribution in [0.4, 0.5) is 0 Å². The monoisotopic (exact) mass is 294 g/mol. The molecule has 0 aliphatic carbocycles. The predicted octanol–water partition coefficient (Wildman–Crippen LogP) is 3.72. The first-order valence-electron chi connectivity index (χ1n) is 7.00. The van der Waals surface area contributed by atoms with Crippen LogP contribution in [-0.4, -0.2) is 33.0 Å². The van der Waals surface area contributed by atoms with Crippen molar-refractivity contribution >= 4 is 8.07 Å². The van der Waals surface area contributed by atoms with Crippen LogP contribution >= 0.6 is 0 Å². The van der Waals surface area contributed by atoms with Crippen molar-refractivity contribution in [2.24, 2.45) is 0 Å². The topological polar surface area (TPSA) is 38.7 Å². The fourth-order valence-corrected chi connectivity index (χ4v) is 2.50. The van der Waals surface area contributed by atoms with Crippen LogP contribution in [-0.2, 0) is 0 Å². The molecule has 1 atom stereocenters. The van der Waals surface area contributed by atoms with E-state index in [1.165, 1.54) is 0 Å². The lowest BCUT2D eigenvalue weighted by atomic mass is 10.2. The van der Waals surface area contributed by atoms with Gasteiger partial charge in [-0.05, 0) is 36.7 Å². The Labute approximate surface area is 123 Å². The Morgan fingerprint density at radius 1 is 1.10 bits per heavy atom. The maximum absolute atomic E-state index is 9.85. The van der Waals surface area contributed by atoms with Crippen molar-refractivity contribution in [3.8, 4) is 11.5 Å². The second-order valence-corrected chi connectivity index (χ2v) is 11.6. The van der Waals surface area contributed by atoms with Gasteiger partial charge < -0.3 is 14.6 Å². The van der Waals surface area contributed by atoms with Gasteiger partial charge in [0.05, 0.1) is 13.2 Å². The SMILES string of the molecule is COc1ccc(OC[C@H](O)C/C=C\C[Si](C)(C)C)cc1. The van der Waals surface area contributed by atoms with E-state index in [-0.39, 0.29) is 0 Å². The van der Waals surface area contributed by atoms with E-state index in [0.717, 1.165) is 17.5 Å². The molecule has 0 aliphatic rings. The van der Waals surface area contributed by atoms with Gasteiger partial charge in [-0.15, -0.1) is 0 Å². The maximum atomic E-state index is 9.85. The highest BCUT2D eigenvalue weighted by Crippen LogP contribution is 2.17. The summed E-state index contributed by atoms with van der Waals surface area (Å²) in [5.74, 6) is 1.54. The summed E-state index contributed by atoms with van der Waals surface area (Å²) in [7, 11) is 0.610. The fourth-order valence-electron chi connectivity index (χ4n) is 1.62. The van der Waals surface area contributed by atoms with Crippen molar-refractivity contribution in [1.82, 2.24) is 0 Å². The summed E-state index contributed by atoms with van der Waals surface area (Å²) in [4.78, 5) is 0. The van der Waals surface area contributed by atoms with Gasteiger partial charge in [0.25, 0.3) is 0 Å². The first-order chi connectivity index (χ1) is 9.40. The molecule has 1 aromatic rings. The Hall–Kier alpha value is -1.26. The van der Waals surface area contributed by atoms with Crippen LogP contribution in [0.3, 0.4) is 0 Å². The molecule has 0 radical (unpaired) electrons. The van der Waals surface area contributed by atoms with Gasteiger partial charge in [0.1, 0.15) is 18.1 Å². The molecule has 0 aliphatic heterocycles. The second-order valence-electron chi connectivity index (χ2n) is 6.11. The van der Waals surface area contributed by atoms with E-state index in [0.29, 0.717) is 13.0 Å². The zero-order valence-corrected chi connectivity index (χ0v) is 13.9. The quantitative estimate of drug-likeness (QED) is 0.586. The standard InChI is InChI=1S/C16H26O3Si/c1-18-15-8-10-16(11-9-15)19-13-14(17)7-5-6-12-20(2,3)4/h5-6,8-11,14,17H,7,12-13H2,1-4H3/b6-5-/t14-/m1/s1. The molecule has 1 rings (SSSR count). The molecular weight excluding hydrogens is 268 g/mol. The summed E-state index contributed by atoms with van der Waals surface area (Å²) in [6.07, 6.45) is 4.42. The molecule has 0 saturated heterocycles. The Morgan fingerprint density at radius 3 is 2.25 bits per heavy atom. The van der Waals surface area contributed by atoms with Crippen molar-refractivity contribution in [2.75, 3.05) is 13.7 Å². The number of aliphatic hydroxyl groups excluding tert-OH is 1. The summed E-state index contributed by atoms with van der Waals surface area (Å²) in [5, 5.41) is 9.85. The Bertz CT molecular complexity index is 407. The molecule has 0 saturated carbocycles. The first kappa shape index (κ1) is 16.8. The van der Waals surface area contributed by atoms with Gasteiger partial charge in [0.15, 0.2) is 0 Å². The van der Waals surface area contributed by atoms with Gasteiger partial charge in [0.2, 0.25) is 0 Å². The summed E-state index contributed by atoms with van der Waals surface area (Å²) in [6, 6.07) is 8.52. The molecule has 0 bridgehead atoms. The lowest BCUT2D eigenvalue weighted by Crippen LogP contribution is -2.18. The molecule has 0 spiro atoms. The van der Waals surface area contributed by atoms with Crippen molar-refractivity contribution in [3.05, 3.63) is 36.4 Å². The van der Waals surface area contributed by atoms with E-state index in [1.807, 2.05) is 24.3 Å². The Morgan fingerprint density at radius 2 is 1.70 bits per heavy atom. The van der Waals surface area contributed by atoms with Crippen LogP contribution in [0.1, 0.15) is 6.42 Å². The van der Waals surface area contributed by atoms with Crippen molar-refractivity contribution in [1.29, 1.82) is 0 Å². The molecule has 0 aromatic heterocycles. The molecule has 1 N–H and O–H groups in total. The van der Waals surface area contributed by atoms with E-state index < -0.39 is 14.2 Å². The third-order valence-electron chi connectivity index (χ3n) is 2.81. The van der Waals surface area contributed by atoms with Crippen molar-refractivity contribution in [3.63, 3.8) is 0 Å². The zero-order valence-electron chi connectivity index (χ0n) is 12.9. The van der Waals surface area contributed by atoms with Gasteiger partial charge in [0, 0.05) is 8.07 Å². The van der Waals surface area contributed by atoms with Crippen molar-refractivity contribution < 1.29 is 14.6 Å². The van der Waals surface area contributed by atoms with Gasteiger partial charge >= 0.3 is 0 Å². The summed E-state index contributed by atoms with van der Waals surface area (Å²) in [6.45, 7) is 7.31. The highest BCUT2D eigenvalue weighted by atomic mass is 28.3. The predicted molar refractivity (Wildman–Crippen MR) is 86.4 cm³/mol. The molecule has 4 heteroatoms. The zero-order chi connectivity index (χ0) is 15.0. The van der Waals surface area contributed by atoms with Gasteiger partial charge in [-0.25, -0.2) is 0 Å². The van der Waals surface area contributed by atoms with Gasteiger partial charge in [-0.3, -0.25) is 0 Å². The molecule has 0 amide bonds. The third-order valence-corrected chi connectivity index (χ3v) is 4.27. The molecule has 112 valence electrons. The summed E-state index contributed by atoms with van der Waals surface area (Å²) >= 11 is 0. The van der Waals surface area contributed by atoms with Crippen LogP contribution in [0.25, 0.3) is 0 Å². The third kappa shape index (κ3) is 7.36. The van der Waals surface area contributed by atoms with Crippen LogP contribution in [0.5, 0.6) is 11.5 Å². The van der Waals surface area contributed by atoms with Crippen molar-refractivity contribution in [2.45, 2.75) is 38.2 Å². The number of allylic oxidation sites excluding steroid dienone is 1. The minimum atomic E-state index is -1.02. The molecule has 3 nitrogen and oxygen atoms in total. The van der Waals surface area contributed by atoms with E-state index in [9.17, 15) is 5.11 Å². The van der Waals surface area contributed by atoms with E-state index >= 15 is 0 Å². The minimum absolute atomic E-state index is 0.309. The molecule has 1 aromatic carbocycles. The summed E-state index contributed by atoms with van der Waals surface area (Å²) in [5.41, 5.74) is 0. The molecular formula is C16H26O3Si. The number of aliphatic hydroxyl groups is 1. The average molecular weight is 294 g/mol. The van der Waals surface area contributed by atoms with Crippen LogP contribution in [0.15, 0.2) is 36.4 Å². The van der Waals surface area contributed by atoms with E-state index in [1.54, 1.807) is 7.11 Å². The number of methoxy groups -OCH3 is 1. The molecule has 0 fully saturated rings. The molecule has 20 heavy (non-hydrogen) atoms. The average Bonchev–Trinajstić information content (AvgIpc) is 2.41. The van der Waals surface area contributed by atoms with Crippen LogP contribution < -0.4 is 9.47 Å². The van der Waals surface area contributed by atoms with E-state index in [2.05, 4.69) is 31.8 Å². The fraction of sp³-hybridized carbons (Fsp3) is 0.500. The second kappa shape index (κ2) is 8.12. The molecule has 0 unspecified atom stereocenters. The van der Waals surface area contributed by atoms with Crippen LogP contribution in [0, 0.1) is 0 Å². The first-order valence-corrected chi connectivity index (χ1v) is 10.7. The Kier molecular flexibility index (Phi) is 6.82. The van der Waals surface area contributed by atoms with Gasteiger partial charge in [-0.1, -0.05) is 31.8 Å². The minimum Gasteiger partial charge on any atom is -0.497 e. The number of benzene rings is 1. The highest BCUT2D eigenvalue weighted by Gasteiger charge is 2.09. The maximum Gasteiger partial charge on any atom is 0.119 e. The number of hydrogen-bond acceptors (Lipinski definition) is 3. The lowest BCUT2D eigenvalue weighted by Gasteiger charge is -2.13. The van der Waals surface area contributed by atoms with Crippen LogP contribution in [0.2, 0.25) is 25.7 Å². The highest BCUT2D eigenvalue weighted by molar-refractivity contribution is 6.76. The summed E-state index contributed by atoms with van der Waals surface area (Å²) < 4.78 is 10.6. The largest absolute Gasteiger partial charge is 0.497 e. The lowest BCUT2D eigenvalue weighted by molar-refractivity contribution is 0.110. The number of ether oxygens (including phenoxy) is 2. The van der Waals surface area contributed by atoms with Gasteiger partial charge in [-0.2, -0.15) is 0 Å². The number of rotatable bonds is 8. The normalized spacial score (nSPS) is 13.4. The Balaban J connectivity index is 2.27. The van der Waals surface area contributed by atoms with E-state index in [4.69, 9.17) is 9.47 Å².